The molecule has 1 aromatic rings. The predicted molar refractivity (Wildman–Crippen MR) is 61.8 cm³/mol. The molecule has 17 heavy (non-hydrogen) atoms. The summed E-state index contributed by atoms with van der Waals surface area (Å²) in [5.74, 6) is 5.56. The fourth-order valence-electron chi connectivity index (χ4n) is 1.75. The molecule has 0 atom stereocenters. The van der Waals surface area contributed by atoms with Crippen molar-refractivity contribution in [2.75, 3.05) is 30.5 Å². The fourth-order valence-corrected chi connectivity index (χ4v) is 1.75. The van der Waals surface area contributed by atoms with E-state index < -0.39 is 5.82 Å². The number of hydrogen-bond acceptors (Lipinski definition) is 6. The van der Waals surface area contributed by atoms with E-state index in [0.717, 1.165) is 32.3 Å². The van der Waals surface area contributed by atoms with E-state index in [1.165, 1.54) is 0 Å². The Kier molecular flexibility index (Phi) is 4.05. The number of nitrogens with one attached hydrogen (secondary N) is 2. The molecule has 6 nitrogen and oxygen atoms in total. The Morgan fingerprint density at radius 3 is 2.94 bits per heavy atom. The van der Waals surface area contributed by atoms with Crippen molar-refractivity contribution in [2.24, 2.45) is 11.8 Å². The van der Waals surface area contributed by atoms with Gasteiger partial charge in [0.05, 0.1) is 6.20 Å². The second-order valence-electron chi connectivity index (χ2n) is 3.97. The number of nitrogen functional groups attached to an aromatic ring is 1. The molecule has 94 valence electrons. The Morgan fingerprint density at radius 2 is 2.24 bits per heavy atom. The number of hydrazine groups is 1. The molecule has 7 heteroatoms. The van der Waals surface area contributed by atoms with Gasteiger partial charge in [-0.1, -0.05) is 0 Å². The topological polar surface area (TPSA) is 85.1 Å². The highest BCUT2D eigenvalue weighted by molar-refractivity contribution is 5.40. The Balaban J connectivity index is 1.92. The Labute approximate surface area is 98.7 Å². The first-order valence-electron chi connectivity index (χ1n) is 5.60. The third kappa shape index (κ3) is 3.24. The van der Waals surface area contributed by atoms with Gasteiger partial charge >= 0.3 is 0 Å². The highest BCUT2D eigenvalue weighted by Crippen LogP contribution is 2.17. The number of rotatable bonds is 4. The third-order valence-electron chi connectivity index (χ3n) is 2.77. The maximum atomic E-state index is 13.4. The number of nitrogens with zero attached hydrogens (tertiary/aromatic N) is 2. The Hall–Kier alpha value is -1.47. The van der Waals surface area contributed by atoms with Crippen molar-refractivity contribution in [3.8, 4) is 0 Å². The van der Waals surface area contributed by atoms with Crippen molar-refractivity contribution in [1.82, 2.24) is 9.97 Å². The molecule has 0 unspecified atom stereocenters. The second-order valence-corrected chi connectivity index (χ2v) is 3.97. The number of hydrogen-bond donors (Lipinski definition) is 3. The first-order valence-corrected chi connectivity index (χ1v) is 5.60. The monoisotopic (exact) mass is 241 g/mol. The van der Waals surface area contributed by atoms with Crippen LogP contribution in [0.2, 0.25) is 0 Å². The molecule has 0 bridgehead atoms. The zero-order valence-corrected chi connectivity index (χ0v) is 9.45. The molecule has 0 spiro atoms. The van der Waals surface area contributed by atoms with Crippen molar-refractivity contribution < 1.29 is 9.13 Å². The van der Waals surface area contributed by atoms with Gasteiger partial charge in [-0.05, 0) is 18.8 Å². The minimum Gasteiger partial charge on any atom is -0.381 e. The lowest BCUT2D eigenvalue weighted by atomic mass is 10.0. The van der Waals surface area contributed by atoms with Crippen molar-refractivity contribution in [2.45, 2.75) is 12.8 Å². The summed E-state index contributed by atoms with van der Waals surface area (Å²) >= 11 is 0. The second kappa shape index (κ2) is 5.74. The van der Waals surface area contributed by atoms with Crippen LogP contribution in [-0.2, 0) is 4.74 Å². The lowest BCUT2D eigenvalue weighted by Gasteiger charge is -2.22. The summed E-state index contributed by atoms with van der Waals surface area (Å²) in [4.78, 5) is 7.58. The summed E-state index contributed by atoms with van der Waals surface area (Å²) in [5, 5.41) is 2.98. The SMILES string of the molecule is NNc1ncc(F)c(NCC2CCOCC2)n1. The van der Waals surface area contributed by atoms with E-state index in [4.69, 9.17) is 10.6 Å². The van der Waals surface area contributed by atoms with Crippen LogP contribution in [0.1, 0.15) is 12.8 Å². The largest absolute Gasteiger partial charge is 0.381 e. The van der Waals surface area contributed by atoms with E-state index in [9.17, 15) is 4.39 Å². The molecule has 1 fully saturated rings. The van der Waals surface area contributed by atoms with Crippen LogP contribution < -0.4 is 16.6 Å². The molecular formula is C10H16FN5O. The summed E-state index contributed by atoms with van der Waals surface area (Å²) in [6.07, 6.45) is 3.07. The van der Waals surface area contributed by atoms with Crippen LogP contribution in [-0.4, -0.2) is 29.7 Å². The number of ether oxygens (including phenoxy) is 1. The summed E-state index contributed by atoms with van der Waals surface area (Å²) in [6, 6.07) is 0. The molecule has 0 radical (unpaired) electrons. The van der Waals surface area contributed by atoms with Crippen molar-refractivity contribution >= 4 is 11.8 Å². The van der Waals surface area contributed by atoms with Crippen LogP contribution in [0, 0.1) is 11.7 Å². The van der Waals surface area contributed by atoms with E-state index in [0.29, 0.717) is 12.5 Å². The first kappa shape index (κ1) is 12.0. The molecule has 0 aromatic carbocycles. The highest BCUT2D eigenvalue weighted by Gasteiger charge is 2.14. The van der Waals surface area contributed by atoms with Crippen molar-refractivity contribution in [3.05, 3.63) is 12.0 Å². The molecule has 2 heterocycles. The van der Waals surface area contributed by atoms with E-state index >= 15 is 0 Å². The number of anilines is 2. The zero-order valence-electron chi connectivity index (χ0n) is 9.45. The van der Waals surface area contributed by atoms with E-state index in [2.05, 4.69) is 20.7 Å². The van der Waals surface area contributed by atoms with Crippen molar-refractivity contribution in [1.29, 1.82) is 0 Å². The van der Waals surface area contributed by atoms with Gasteiger partial charge in [0.25, 0.3) is 0 Å². The molecule has 1 aromatic heterocycles. The van der Waals surface area contributed by atoms with Crippen LogP contribution in [0.3, 0.4) is 0 Å². The summed E-state index contributed by atoms with van der Waals surface area (Å²) in [6.45, 7) is 2.23. The van der Waals surface area contributed by atoms with E-state index in [-0.39, 0.29) is 11.8 Å². The standard InChI is InChI=1S/C10H16FN5O/c11-8-6-14-10(16-12)15-9(8)13-5-7-1-3-17-4-2-7/h6-7H,1-5,12H2,(H2,13,14,15,16). The van der Waals surface area contributed by atoms with Gasteiger partial charge in [-0.2, -0.15) is 4.98 Å². The molecular weight excluding hydrogens is 225 g/mol. The quantitative estimate of drug-likeness (QED) is 0.532. The fraction of sp³-hybridized carbons (Fsp3) is 0.600. The van der Waals surface area contributed by atoms with Gasteiger partial charge in [0.2, 0.25) is 5.95 Å². The summed E-state index contributed by atoms with van der Waals surface area (Å²) < 4.78 is 18.6. The molecule has 1 aliphatic rings. The Bertz CT molecular complexity index is 370. The maximum Gasteiger partial charge on any atom is 0.239 e. The van der Waals surface area contributed by atoms with Crippen LogP contribution in [0.25, 0.3) is 0 Å². The normalized spacial score (nSPS) is 16.8. The highest BCUT2D eigenvalue weighted by atomic mass is 19.1. The van der Waals surface area contributed by atoms with Gasteiger partial charge in [0, 0.05) is 19.8 Å². The molecule has 1 aliphatic heterocycles. The maximum absolute atomic E-state index is 13.4. The van der Waals surface area contributed by atoms with Crippen LogP contribution >= 0.6 is 0 Å². The van der Waals surface area contributed by atoms with E-state index in [1.807, 2.05) is 0 Å². The summed E-state index contributed by atoms with van der Waals surface area (Å²) in [7, 11) is 0. The third-order valence-corrected chi connectivity index (χ3v) is 2.77. The number of aromatic nitrogens is 2. The average Bonchev–Trinajstić information content (AvgIpc) is 2.39. The predicted octanol–water partition coefficient (Wildman–Crippen LogP) is 0.740. The zero-order chi connectivity index (χ0) is 12.1. The van der Waals surface area contributed by atoms with Crippen LogP contribution in [0.4, 0.5) is 16.2 Å². The minimum atomic E-state index is -0.476. The molecule has 0 saturated carbocycles. The van der Waals surface area contributed by atoms with Gasteiger partial charge in [0.1, 0.15) is 0 Å². The molecule has 4 N–H and O–H groups in total. The lowest BCUT2D eigenvalue weighted by Crippen LogP contribution is -2.23. The molecule has 1 saturated heterocycles. The first-order chi connectivity index (χ1) is 8.29. The molecule has 2 rings (SSSR count). The van der Waals surface area contributed by atoms with Gasteiger partial charge in [-0.25, -0.2) is 15.2 Å². The molecule has 0 amide bonds. The molecule has 0 aliphatic carbocycles. The number of halogens is 1. The van der Waals surface area contributed by atoms with Crippen LogP contribution in [0.5, 0.6) is 0 Å². The van der Waals surface area contributed by atoms with E-state index in [1.54, 1.807) is 0 Å². The number of nitrogens with two attached hydrogens (primary N) is 1. The van der Waals surface area contributed by atoms with Crippen LogP contribution in [0.15, 0.2) is 6.20 Å². The Morgan fingerprint density at radius 1 is 1.47 bits per heavy atom. The summed E-state index contributed by atoms with van der Waals surface area (Å²) in [5.41, 5.74) is 2.28. The van der Waals surface area contributed by atoms with Gasteiger partial charge < -0.3 is 10.1 Å². The van der Waals surface area contributed by atoms with Gasteiger partial charge in [0.15, 0.2) is 11.6 Å². The van der Waals surface area contributed by atoms with Gasteiger partial charge in [-0.3, -0.25) is 5.43 Å². The average molecular weight is 241 g/mol. The lowest BCUT2D eigenvalue weighted by molar-refractivity contribution is 0.0699. The minimum absolute atomic E-state index is 0.180. The smallest absolute Gasteiger partial charge is 0.239 e. The van der Waals surface area contributed by atoms with Crippen molar-refractivity contribution in [3.63, 3.8) is 0 Å². The van der Waals surface area contributed by atoms with Gasteiger partial charge in [-0.15, -0.1) is 0 Å².